The fourth-order valence-electron chi connectivity index (χ4n) is 2.67. The van der Waals surface area contributed by atoms with E-state index in [2.05, 4.69) is 11.1 Å². The zero-order valence-electron chi connectivity index (χ0n) is 10.7. The maximum atomic E-state index is 12.6. The van der Waals surface area contributed by atoms with E-state index in [4.69, 9.17) is 4.74 Å². The number of fused-ring (bicyclic) bond motifs is 1. The molecule has 2 heterocycles. The number of carbonyl (C=O) groups is 1. The second-order valence-corrected chi connectivity index (χ2v) is 5.26. The topological polar surface area (TPSA) is 42.1 Å². The number of ether oxygens (including phenoxy) is 1. The fraction of sp³-hybridized carbons (Fsp3) is 0.400. The summed E-state index contributed by atoms with van der Waals surface area (Å²) in [4.78, 5) is 15.8. The monoisotopic (exact) mass is 243 g/mol. The highest BCUT2D eigenvalue weighted by Crippen LogP contribution is 2.31. The van der Waals surface area contributed by atoms with Crippen LogP contribution in [0.4, 0.5) is 0 Å². The molecule has 1 aliphatic heterocycles. The minimum absolute atomic E-state index is 0.0943. The molecular formula is C15H17NO2. The van der Waals surface area contributed by atoms with E-state index in [1.165, 1.54) is 0 Å². The van der Waals surface area contributed by atoms with E-state index in [0.29, 0.717) is 6.61 Å². The first-order valence-electron chi connectivity index (χ1n) is 6.37. The largest absolute Gasteiger partial charge is 0.367 e. The summed E-state index contributed by atoms with van der Waals surface area (Å²) in [6, 6.07) is 6.11. The van der Waals surface area contributed by atoms with Crippen molar-refractivity contribution in [3.63, 3.8) is 0 Å². The lowest BCUT2D eigenvalue weighted by Crippen LogP contribution is -2.34. The van der Waals surface area contributed by atoms with Gasteiger partial charge in [-0.15, -0.1) is 0 Å². The van der Waals surface area contributed by atoms with Crippen LogP contribution in [0.1, 0.15) is 35.7 Å². The van der Waals surface area contributed by atoms with Crippen LogP contribution in [-0.2, 0) is 4.74 Å². The molecule has 0 saturated carbocycles. The summed E-state index contributed by atoms with van der Waals surface area (Å²) in [6.07, 6.45) is 3.58. The third-order valence-electron chi connectivity index (χ3n) is 3.78. The molecule has 0 spiro atoms. The lowest BCUT2D eigenvalue weighted by molar-refractivity contribution is 0.0215. The Morgan fingerprint density at radius 2 is 2.28 bits per heavy atom. The minimum Gasteiger partial charge on any atom is -0.367 e. The summed E-state index contributed by atoms with van der Waals surface area (Å²) in [5, 5.41) is 0.997. The standard InChI is InChI=1S/C15H17NO2/c1-10-4-5-13-11(8-10)12(9-16-13)14(17)15(2)6-3-7-18-15/h4-5,8-9,16H,3,6-7H2,1-2H3. The van der Waals surface area contributed by atoms with Crippen molar-refractivity contribution in [2.75, 3.05) is 6.61 Å². The Labute approximate surface area is 106 Å². The van der Waals surface area contributed by atoms with Gasteiger partial charge in [0.05, 0.1) is 0 Å². The van der Waals surface area contributed by atoms with Gasteiger partial charge in [0.1, 0.15) is 5.60 Å². The maximum Gasteiger partial charge on any atom is 0.196 e. The highest BCUT2D eigenvalue weighted by Gasteiger charge is 2.39. The van der Waals surface area contributed by atoms with E-state index >= 15 is 0 Å². The predicted molar refractivity (Wildman–Crippen MR) is 71.0 cm³/mol. The first kappa shape index (κ1) is 11.5. The Hall–Kier alpha value is -1.61. The van der Waals surface area contributed by atoms with Crippen LogP contribution in [0.3, 0.4) is 0 Å². The number of hydrogen-bond acceptors (Lipinski definition) is 2. The molecule has 0 amide bonds. The summed E-state index contributed by atoms with van der Waals surface area (Å²) in [7, 11) is 0. The second-order valence-electron chi connectivity index (χ2n) is 5.26. The van der Waals surface area contributed by atoms with Gasteiger partial charge >= 0.3 is 0 Å². The van der Waals surface area contributed by atoms with Crippen molar-refractivity contribution in [1.29, 1.82) is 0 Å². The van der Waals surface area contributed by atoms with Crippen molar-refractivity contribution in [3.05, 3.63) is 35.5 Å². The normalized spacial score (nSPS) is 23.7. The molecule has 18 heavy (non-hydrogen) atoms. The Kier molecular flexibility index (Phi) is 2.52. The van der Waals surface area contributed by atoms with Crippen LogP contribution in [0.2, 0.25) is 0 Å². The third kappa shape index (κ3) is 1.66. The summed E-state index contributed by atoms with van der Waals surface area (Å²) in [5.74, 6) is 0.0943. The number of hydrogen-bond donors (Lipinski definition) is 1. The van der Waals surface area contributed by atoms with E-state index in [1.807, 2.05) is 26.0 Å². The van der Waals surface area contributed by atoms with Crippen molar-refractivity contribution in [1.82, 2.24) is 4.98 Å². The molecule has 1 aromatic heterocycles. The molecule has 1 unspecified atom stereocenters. The second kappa shape index (κ2) is 3.95. The SMILES string of the molecule is Cc1ccc2[nH]cc(C(=O)C3(C)CCCO3)c2c1. The van der Waals surface area contributed by atoms with Gasteiger partial charge in [0.15, 0.2) is 5.78 Å². The van der Waals surface area contributed by atoms with Crippen LogP contribution in [0.5, 0.6) is 0 Å². The van der Waals surface area contributed by atoms with Crippen LogP contribution < -0.4 is 0 Å². The average molecular weight is 243 g/mol. The van der Waals surface area contributed by atoms with Gasteiger partial charge in [0.25, 0.3) is 0 Å². The number of H-pyrrole nitrogens is 1. The van der Waals surface area contributed by atoms with Gasteiger partial charge in [-0.1, -0.05) is 11.6 Å². The van der Waals surface area contributed by atoms with Gasteiger partial charge in [-0.2, -0.15) is 0 Å². The van der Waals surface area contributed by atoms with Gasteiger partial charge in [-0.05, 0) is 38.8 Å². The van der Waals surface area contributed by atoms with Gasteiger partial charge < -0.3 is 9.72 Å². The Bertz CT molecular complexity index is 606. The Morgan fingerprint density at radius 3 is 3.00 bits per heavy atom. The first-order valence-corrected chi connectivity index (χ1v) is 6.37. The number of Topliss-reactive ketones (excluding diaryl/α,β-unsaturated/α-hetero) is 1. The molecule has 1 aliphatic rings. The number of nitrogens with one attached hydrogen (secondary N) is 1. The Morgan fingerprint density at radius 1 is 1.44 bits per heavy atom. The molecule has 2 aromatic rings. The maximum absolute atomic E-state index is 12.6. The number of rotatable bonds is 2. The van der Waals surface area contributed by atoms with Gasteiger partial charge in [-0.25, -0.2) is 0 Å². The zero-order valence-corrected chi connectivity index (χ0v) is 10.7. The quantitative estimate of drug-likeness (QED) is 0.823. The summed E-state index contributed by atoms with van der Waals surface area (Å²) >= 11 is 0. The molecular weight excluding hydrogens is 226 g/mol. The zero-order chi connectivity index (χ0) is 12.8. The summed E-state index contributed by atoms with van der Waals surface area (Å²) < 4.78 is 5.64. The minimum atomic E-state index is -0.640. The molecule has 1 aromatic carbocycles. The van der Waals surface area contributed by atoms with Crippen LogP contribution in [-0.4, -0.2) is 23.0 Å². The van der Waals surface area contributed by atoms with Gasteiger partial charge in [-0.3, -0.25) is 4.79 Å². The van der Waals surface area contributed by atoms with Crippen molar-refractivity contribution >= 4 is 16.7 Å². The van der Waals surface area contributed by atoms with Crippen LogP contribution in [0, 0.1) is 6.92 Å². The Balaban J connectivity index is 2.09. The molecule has 94 valence electrons. The molecule has 1 N–H and O–H groups in total. The molecule has 1 atom stereocenters. The van der Waals surface area contributed by atoms with E-state index in [1.54, 1.807) is 6.20 Å². The number of benzene rings is 1. The van der Waals surface area contributed by atoms with Crippen LogP contribution in [0.15, 0.2) is 24.4 Å². The average Bonchev–Trinajstić information content (AvgIpc) is 2.95. The van der Waals surface area contributed by atoms with E-state index in [-0.39, 0.29) is 5.78 Å². The highest BCUT2D eigenvalue weighted by atomic mass is 16.5. The molecule has 0 aliphatic carbocycles. The first-order chi connectivity index (χ1) is 8.60. The van der Waals surface area contributed by atoms with Crippen molar-refractivity contribution in [2.45, 2.75) is 32.3 Å². The highest BCUT2D eigenvalue weighted by molar-refractivity contribution is 6.11. The molecule has 0 bridgehead atoms. The van der Waals surface area contributed by atoms with Crippen molar-refractivity contribution in [3.8, 4) is 0 Å². The third-order valence-corrected chi connectivity index (χ3v) is 3.78. The van der Waals surface area contributed by atoms with Crippen LogP contribution >= 0.6 is 0 Å². The van der Waals surface area contributed by atoms with Crippen molar-refractivity contribution < 1.29 is 9.53 Å². The van der Waals surface area contributed by atoms with Crippen molar-refractivity contribution in [2.24, 2.45) is 0 Å². The molecule has 1 fully saturated rings. The lowest BCUT2D eigenvalue weighted by Gasteiger charge is -2.20. The van der Waals surface area contributed by atoms with Gasteiger partial charge in [0, 0.05) is 29.3 Å². The lowest BCUT2D eigenvalue weighted by atomic mass is 9.91. The molecule has 3 rings (SSSR count). The molecule has 3 nitrogen and oxygen atoms in total. The number of carbonyl (C=O) groups excluding carboxylic acids is 1. The van der Waals surface area contributed by atoms with E-state index < -0.39 is 5.60 Å². The number of ketones is 1. The smallest absolute Gasteiger partial charge is 0.196 e. The summed E-state index contributed by atoms with van der Waals surface area (Å²) in [6.45, 7) is 4.62. The fourth-order valence-corrected chi connectivity index (χ4v) is 2.67. The predicted octanol–water partition coefficient (Wildman–Crippen LogP) is 3.23. The van der Waals surface area contributed by atoms with E-state index in [0.717, 1.165) is 34.9 Å². The number of aromatic nitrogens is 1. The summed E-state index contributed by atoms with van der Waals surface area (Å²) in [5.41, 5.74) is 2.27. The number of aryl methyl sites for hydroxylation is 1. The molecule has 1 saturated heterocycles. The molecule has 3 heteroatoms. The van der Waals surface area contributed by atoms with E-state index in [9.17, 15) is 4.79 Å². The van der Waals surface area contributed by atoms with Crippen LogP contribution in [0.25, 0.3) is 10.9 Å². The molecule has 0 radical (unpaired) electrons. The number of aromatic amines is 1. The van der Waals surface area contributed by atoms with Gasteiger partial charge in [0.2, 0.25) is 0 Å².